The highest BCUT2D eigenvalue weighted by Crippen LogP contribution is 2.28. The Balaban J connectivity index is 2.15. The molecule has 0 aliphatic carbocycles. The number of halogens is 3. The van der Waals surface area contributed by atoms with Gasteiger partial charge in [0.15, 0.2) is 0 Å². The van der Waals surface area contributed by atoms with Gasteiger partial charge in [0.05, 0.1) is 0 Å². The minimum Gasteiger partial charge on any atom is -0.357 e. The van der Waals surface area contributed by atoms with Gasteiger partial charge in [0, 0.05) is 51.3 Å². The second-order valence-electron chi connectivity index (χ2n) is 6.31. The molecule has 1 atom stereocenters. The normalized spacial score (nSPS) is 11.8. The van der Waals surface area contributed by atoms with E-state index < -0.39 is 6.04 Å². The van der Waals surface area contributed by atoms with Gasteiger partial charge in [0.2, 0.25) is 11.8 Å². The second-order valence-corrected chi connectivity index (χ2v) is 8.73. The summed E-state index contributed by atoms with van der Waals surface area (Å²) in [7, 11) is 1.56. The van der Waals surface area contributed by atoms with Crippen LogP contribution in [0.15, 0.2) is 47.4 Å². The van der Waals surface area contributed by atoms with Gasteiger partial charge in [-0.25, -0.2) is 0 Å². The Bertz CT molecular complexity index is 826. The van der Waals surface area contributed by atoms with E-state index in [1.807, 2.05) is 31.2 Å². The van der Waals surface area contributed by atoms with Crippen LogP contribution in [-0.2, 0) is 16.1 Å². The Morgan fingerprint density at radius 3 is 2.24 bits per heavy atom. The Morgan fingerprint density at radius 1 is 1.07 bits per heavy atom. The van der Waals surface area contributed by atoms with E-state index in [2.05, 4.69) is 5.32 Å². The standard InChI is InChI=1S/C21H23Cl3N2O2S/c1-3-19(21(28)25-2)26(13-16-17(23)5-4-6-18(16)24)20(27)11-12-29-15-9-7-14(22)8-10-15/h4-10,19H,3,11-13H2,1-2H3,(H,25,28)/t19-/m1/s1. The molecule has 8 heteroatoms. The van der Waals surface area contributed by atoms with Crippen molar-refractivity contribution in [1.29, 1.82) is 0 Å². The monoisotopic (exact) mass is 472 g/mol. The van der Waals surface area contributed by atoms with Crippen molar-refractivity contribution in [2.24, 2.45) is 0 Å². The summed E-state index contributed by atoms with van der Waals surface area (Å²) in [6.45, 7) is 2.05. The molecule has 1 N–H and O–H groups in total. The minimum absolute atomic E-state index is 0.127. The molecule has 4 nitrogen and oxygen atoms in total. The summed E-state index contributed by atoms with van der Waals surface area (Å²) < 4.78 is 0. The van der Waals surface area contributed by atoms with E-state index in [0.29, 0.717) is 32.8 Å². The van der Waals surface area contributed by atoms with Crippen LogP contribution in [0.1, 0.15) is 25.3 Å². The molecule has 29 heavy (non-hydrogen) atoms. The van der Waals surface area contributed by atoms with Crippen LogP contribution >= 0.6 is 46.6 Å². The van der Waals surface area contributed by atoms with Crippen molar-refractivity contribution in [1.82, 2.24) is 10.2 Å². The van der Waals surface area contributed by atoms with Crippen molar-refractivity contribution in [2.45, 2.75) is 37.2 Å². The first kappa shape index (κ1) is 23.9. The molecule has 156 valence electrons. The van der Waals surface area contributed by atoms with E-state index in [1.165, 1.54) is 0 Å². The zero-order valence-electron chi connectivity index (χ0n) is 16.3. The van der Waals surface area contributed by atoms with Gasteiger partial charge in [0.25, 0.3) is 0 Å². The molecular weight excluding hydrogens is 451 g/mol. The SMILES string of the molecule is CC[C@H](C(=O)NC)N(Cc1c(Cl)cccc1Cl)C(=O)CCSc1ccc(Cl)cc1. The fourth-order valence-electron chi connectivity index (χ4n) is 2.87. The van der Waals surface area contributed by atoms with Crippen LogP contribution in [0, 0.1) is 0 Å². The molecule has 2 aromatic rings. The second kappa shape index (κ2) is 11.7. The van der Waals surface area contributed by atoms with E-state index in [-0.39, 0.29) is 24.8 Å². The summed E-state index contributed by atoms with van der Waals surface area (Å²) in [6, 6.07) is 12.1. The van der Waals surface area contributed by atoms with Crippen LogP contribution in [0.2, 0.25) is 15.1 Å². The van der Waals surface area contributed by atoms with Gasteiger partial charge in [-0.1, -0.05) is 47.8 Å². The maximum Gasteiger partial charge on any atom is 0.242 e. The van der Waals surface area contributed by atoms with Crippen molar-refractivity contribution in [3.63, 3.8) is 0 Å². The number of rotatable bonds is 9. The van der Waals surface area contributed by atoms with E-state index >= 15 is 0 Å². The number of amides is 2. The number of nitrogens with one attached hydrogen (secondary N) is 1. The number of likely N-dealkylation sites (N-methyl/N-ethyl adjacent to an activating group) is 1. The molecule has 0 bridgehead atoms. The van der Waals surface area contributed by atoms with Gasteiger partial charge in [-0.3, -0.25) is 9.59 Å². The highest BCUT2D eigenvalue weighted by molar-refractivity contribution is 7.99. The van der Waals surface area contributed by atoms with Gasteiger partial charge in [-0.05, 0) is 42.8 Å². The van der Waals surface area contributed by atoms with Crippen LogP contribution in [0.25, 0.3) is 0 Å². The summed E-state index contributed by atoms with van der Waals surface area (Å²) in [5.74, 6) is 0.240. The van der Waals surface area contributed by atoms with Gasteiger partial charge in [-0.2, -0.15) is 0 Å². The average Bonchev–Trinajstić information content (AvgIpc) is 2.71. The average molecular weight is 474 g/mol. The zero-order chi connectivity index (χ0) is 21.4. The van der Waals surface area contributed by atoms with Crippen molar-refractivity contribution in [2.75, 3.05) is 12.8 Å². The molecular formula is C21H23Cl3N2O2S. The molecule has 0 heterocycles. The van der Waals surface area contributed by atoms with Crippen LogP contribution in [-0.4, -0.2) is 35.6 Å². The van der Waals surface area contributed by atoms with E-state index in [9.17, 15) is 9.59 Å². The zero-order valence-corrected chi connectivity index (χ0v) is 19.3. The Morgan fingerprint density at radius 2 is 1.69 bits per heavy atom. The summed E-state index contributed by atoms with van der Waals surface area (Å²) in [5.41, 5.74) is 0.636. The third-order valence-electron chi connectivity index (χ3n) is 4.42. The number of nitrogens with zero attached hydrogens (tertiary/aromatic N) is 1. The molecule has 0 aliphatic heterocycles. The molecule has 0 spiro atoms. The molecule has 0 fully saturated rings. The van der Waals surface area contributed by atoms with Crippen molar-refractivity contribution < 1.29 is 9.59 Å². The number of carbonyl (C=O) groups excluding carboxylic acids is 2. The van der Waals surface area contributed by atoms with Gasteiger partial charge in [-0.15, -0.1) is 11.8 Å². The number of hydrogen-bond acceptors (Lipinski definition) is 3. The van der Waals surface area contributed by atoms with Crippen LogP contribution in [0.5, 0.6) is 0 Å². The third kappa shape index (κ3) is 6.82. The molecule has 2 amide bonds. The van der Waals surface area contributed by atoms with E-state index in [4.69, 9.17) is 34.8 Å². The summed E-state index contributed by atoms with van der Waals surface area (Å²) in [5, 5.41) is 4.25. The van der Waals surface area contributed by atoms with Crippen molar-refractivity contribution >= 4 is 58.4 Å². The maximum absolute atomic E-state index is 13.1. The first-order valence-electron chi connectivity index (χ1n) is 9.19. The fourth-order valence-corrected chi connectivity index (χ4v) is 4.35. The lowest BCUT2D eigenvalue weighted by Gasteiger charge is -2.31. The smallest absolute Gasteiger partial charge is 0.242 e. The first-order chi connectivity index (χ1) is 13.9. The van der Waals surface area contributed by atoms with Crippen LogP contribution < -0.4 is 5.32 Å². The molecule has 0 saturated carbocycles. The van der Waals surface area contributed by atoms with Crippen LogP contribution in [0.3, 0.4) is 0 Å². The molecule has 0 aliphatic rings. The highest BCUT2D eigenvalue weighted by atomic mass is 35.5. The first-order valence-corrected chi connectivity index (χ1v) is 11.3. The summed E-state index contributed by atoms with van der Waals surface area (Å²) in [4.78, 5) is 28.0. The summed E-state index contributed by atoms with van der Waals surface area (Å²) in [6.07, 6.45) is 0.765. The molecule has 0 aromatic heterocycles. The van der Waals surface area contributed by atoms with Crippen molar-refractivity contribution in [3.8, 4) is 0 Å². The Hall–Kier alpha value is -1.40. The summed E-state index contributed by atoms with van der Waals surface area (Å²) >= 11 is 20.1. The number of benzene rings is 2. The predicted molar refractivity (Wildman–Crippen MR) is 122 cm³/mol. The van der Waals surface area contributed by atoms with E-state index in [1.54, 1.807) is 41.9 Å². The number of thioether (sulfide) groups is 1. The Kier molecular flexibility index (Phi) is 9.63. The highest BCUT2D eigenvalue weighted by Gasteiger charge is 2.28. The minimum atomic E-state index is -0.597. The van der Waals surface area contributed by atoms with Gasteiger partial charge in [0.1, 0.15) is 6.04 Å². The van der Waals surface area contributed by atoms with E-state index in [0.717, 1.165) is 4.90 Å². The molecule has 0 saturated heterocycles. The van der Waals surface area contributed by atoms with Gasteiger partial charge < -0.3 is 10.2 Å². The third-order valence-corrected chi connectivity index (χ3v) is 6.39. The lowest BCUT2D eigenvalue weighted by atomic mass is 10.1. The quantitative estimate of drug-likeness (QED) is 0.476. The van der Waals surface area contributed by atoms with Gasteiger partial charge >= 0.3 is 0 Å². The lowest BCUT2D eigenvalue weighted by molar-refractivity contribution is -0.140. The molecule has 2 rings (SSSR count). The molecule has 0 radical (unpaired) electrons. The fraction of sp³-hybridized carbons (Fsp3) is 0.333. The molecule has 2 aromatic carbocycles. The van der Waals surface area contributed by atoms with Crippen molar-refractivity contribution in [3.05, 3.63) is 63.1 Å². The maximum atomic E-state index is 13.1. The topological polar surface area (TPSA) is 49.4 Å². The largest absolute Gasteiger partial charge is 0.357 e. The molecule has 0 unspecified atom stereocenters. The number of carbonyl (C=O) groups is 2. The Labute approximate surface area is 190 Å². The predicted octanol–water partition coefficient (Wildman–Crippen LogP) is 5.68. The lowest BCUT2D eigenvalue weighted by Crippen LogP contribution is -2.48. The van der Waals surface area contributed by atoms with Crippen LogP contribution in [0.4, 0.5) is 0 Å². The number of hydrogen-bond donors (Lipinski definition) is 1.